The highest BCUT2D eigenvalue weighted by molar-refractivity contribution is 5.87. The highest BCUT2D eigenvalue weighted by atomic mass is 14.8. The van der Waals surface area contributed by atoms with Gasteiger partial charge in [-0.3, -0.25) is 29.9 Å². The van der Waals surface area contributed by atoms with Gasteiger partial charge in [-0.25, -0.2) is 9.97 Å². The van der Waals surface area contributed by atoms with Gasteiger partial charge in [-0.2, -0.15) is 0 Å². The van der Waals surface area contributed by atoms with Gasteiger partial charge in [-0.05, 0) is 214 Å². The van der Waals surface area contributed by atoms with Crippen LogP contribution in [0.3, 0.4) is 0 Å². The molecule has 0 bridgehead atoms. The van der Waals surface area contributed by atoms with Gasteiger partial charge in [0.15, 0.2) is 0 Å². The lowest BCUT2D eigenvalue weighted by Crippen LogP contribution is -2.13. The van der Waals surface area contributed by atoms with E-state index in [-0.39, 0.29) is 37.9 Å². The molecule has 10 heterocycles. The minimum absolute atomic E-state index is 0.119. The van der Waals surface area contributed by atoms with Crippen molar-refractivity contribution in [3.8, 4) is 0 Å². The van der Waals surface area contributed by atoms with E-state index in [0.29, 0.717) is 17.8 Å². The average Bonchev–Trinajstić information content (AvgIpc) is 1.60. The van der Waals surface area contributed by atoms with Gasteiger partial charge < -0.3 is 19.9 Å². The standard InChI is InChI=1S/3C13H15N.3C12H15N.C12H13N.C11H13N.C8H12N2.C7H10N2/c1-13(2,3)11-8-4-6-10-7-5-9-14-12(10)11;1-13(2,3)11-6-7-12-10(9-11)5-4-8-14-12;1-13(2,3)11-7-6-10-5-4-8-14-12(10)9-11;1-12(2,3)10-4-5-11-9(8-10)6-7-13-11;1-12(2,3)10-5-4-9-6-7-13-11(9)8-10;1-12(2,3)10-5-4-6-11-9(10)7-8-13-11;1-9(2)10-5-3-7-12-11(10)6-4-8-13-12;1-8(2)10-5-3-4-9-6-7-12-11(9)10;1-8(2,3)7-6-9-4-5-10-7;1-6(2)7-3-8-5-9-4-7/h3*4-9H,1-3H3;3*4-8,13H,1-3H3;3-9H,1-2H3;3-8,12H,1-2H3;4-6H,1-3H3;3-6H,1-2H3. The van der Waals surface area contributed by atoms with Crippen molar-refractivity contribution in [2.75, 3.05) is 0 Å². The molecule has 18 aromatic rings. The molecule has 8 aromatic carbocycles. The smallest absolute Gasteiger partial charge is 0.115 e. The van der Waals surface area contributed by atoms with Crippen LogP contribution in [0.1, 0.15) is 260 Å². The molecule has 0 fully saturated rings. The Morgan fingerprint density at radius 2 is 0.728 bits per heavy atom. The summed E-state index contributed by atoms with van der Waals surface area (Å²) in [6.07, 6.45) is 25.8. The molecule has 4 N–H and O–H groups in total. The van der Waals surface area contributed by atoms with Gasteiger partial charge >= 0.3 is 0 Å². The number of hydrogen-bond acceptors (Lipinski definition) is 8. The molecule has 0 radical (unpaired) electrons. The second-order valence-corrected chi connectivity index (χ2v) is 40.2. The van der Waals surface area contributed by atoms with Crippen molar-refractivity contribution < 1.29 is 0 Å². The zero-order valence-corrected chi connectivity index (χ0v) is 79.7. The molecule has 125 heavy (non-hydrogen) atoms. The predicted octanol–water partition coefficient (Wildman–Crippen LogP) is 31.0. The molecule has 0 unspecified atom stereocenters. The summed E-state index contributed by atoms with van der Waals surface area (Å²) in [5.74, 6) is 1.69. The number of hydrogen-bond donors (Lipinski definition) is 4. The maximum atomic E-state index is 4.45. The molecule has 0 atom stereocenters. The summed E-state index contributed by atoms with van der Waals surface area (Å²) < 4.78 is 0. The third kappa shape index (κ3) is 28.4. The Bertz CT molecular complexity index is 6130. The molecule has 0 aliphatic rings. The Morgan fingerprint density at radius 3 is 1.33 bits per heavy atom. The maximum Gasteiger partial charge on any atom is 0.115 e. The van der Waals surface area contributed by atoms with Crippen LogP contribution in [-0.4, -0.2) is 59.8 Å². The van der Waals surface area contributed by atoms with Gasteiger partial charge in [0.05, 0.1) is 27.8 Å². The first kappa shape index (κ1) is 96.5. The third-order valence-corrected chi connectivity index (χ3v) is 21.7. The van der Waals surface area contributed by atoms with Crippen molar-refractivity contribution in [2.45, 2.75) is 243 Å². The summed E-state index contributed by atoms with van der Waals surface area (Å²) in [5, 5.41) is 10.2. The minimum Gasteiger partial charge on any atom is -0.361 e. The molecule has 650 valence electrons. The molecular formula is C113H138N12. The van der Waals surface area contributed by atoms with E-state index in [2.05, 4.69) is 441 Å². The fraction of sp³-hybridized carbons (Fsp3) is 0.327. The lowest BCUT2D eigenvalue weighted by molar-refractivity contribution is 0.565. The zero-order chi connectivity index (χ0) is 91.1. The first-order valence-corrected chi connectivity index (χ1v) is 44.1. The van der Waals surface area contributed by atoms with Crippen molar-refractivity contribution in [2.24, 2.45) is 0 Å². The van der Waals surface area contributed by atoms with Crippen LogP contribution in [-0.2, 0) is 37.9 Å². The van der Waals surface area contributed by atoms with E-state index in [4.69, 9.17) is 0 Å². The monoisotopic (exact) mass is 1660 g/mol. The summed E-state index contributed by atoms with van der Waals surface area (Å²) in [6, 6.07) is 76.6. The van der Waals surface area contributed by atoms with Gasteiger partial charge in [-0.15, -0.1) is 0 Å². The Balaban J connectivity index is 0.000000158. The van der Waals surface area contributed by atoms with Crippen molar-refractivity contribution in [3.05, 3.63) is 361 Å². The van der Waals surface area contributed by atoms with Crippen LogP contribution in [0, 0.1) is 0 Å². The molecule has 10 aromatic heterocycles. The molecule has 12 heteroatoms. The summed E-state index contributed by atoms with van der Waals surface area (Å²) in [4.78, 5) is 46.3. The second-order valence-electron chi connectivity index (χ2n) is 40.2. The number of para-hydroxylation sites is 2. The Kier molecular flexibility index (Phi) is 33.1. The zero-order valence-electron chi connectivity index (χ0n) is 79.7. The Morgan fingerprint density at radius 1 is 0.256 bits per heavy atom. The molecule has 0 saturated carbocycles. The molecule has 18 rings (SSSR count). The Labute approximate surface area is 746 Å². The summed E-state index contributed by atoms with van der Waals surface area (Å²) in [5.41, 5.74) is 23.9. The summed E-state index contributed by atoms with van der Waals surface area (Å²) in [7, 11) is 0. The van der Waals surface area contributed by atoms with E-state index in [1.165, 1.54) is 115 Å². The fourth-order valence-electron chi connectivity index (χ4n) is 14.1. The van der Waals surface area contributed by atoms with E-state index in [0.717, 1.165) is 27.8 Å². The fourth-order valence-corrected chi connectivity index (χ4v) is 14.1. The normalized spacial score (nSPS) is 11.7. The average molecular weight is 1660 g/mol. The molecule has 0 aliphatic heterocycles. The number of H-pyrrole nitrogens is 4. The minimum atomic E-state index is 0.119. The number of nitrogens with one attached hydrogen (secondary N) is 4. The highest BCUT2D eigenvalue weighted by Gasteiger charge is 2.21. The lowest BCUT2D eigenvalue weighted by Gasteiger charge is -2.20. The first-order chi connectivity index (χ1) is 58.9. The molecule has 12 nitrogen and oxygen atoms in total. The number of benzene rings is 8. The van der Waals surface area contributed by atoms with Crippen LogP contribution in [0.15, 0.2) is 305 Å². The van der Waals surface area contributed by atoms with Crippen LogP contribution in [0.4, 0.5) is 0 Å². The molecule has 0 saturated heterocycles. The van der Waals surface area contributed by atoms with Gasteiger partial charge in [0.25, 0.3) is 0 Å². The van der Waals surface area contributed by atoms with Crippen LogP contribution in [0.5, 0.6) is 0 Å². The third-order valence-electron chi connectivity index (χ3n) is 21.7. The molecule has 0 aliphatic carbocycles. The van der Waals surface area contributed by atoms with Crippen LogP contribution in [0.2, 0.25) is 0 Å². The van der Waals surface area contributed by atoms with Crippen molar-refractivity contribution in [3.63, 3.8) is 0 Å². The largest absolute Gasteiger partial charge is 0.361 e. The quantitative estimate of drug-likeness (QED) is 0.136. The topological polar surface area (TPSA) is 166 Å². The van der Waals surface area contributed by atoms with Gasteiger partial charge in [0.2, 0.25) is 0 Å². The number of rotatable bonds is 3. The van der Waals surface area contributed by atoms with Gasteiger partial charge in [0.1, 0.15) is 6.33 Å². The number of nitrogens with zero attached hydrogens (tertiary/aromatic N) is 8. The van der Waals surface area contributed by atoms with Gasteiger partial charge in [0, 0.05) is 135 Å². The van der Waals surface area contributed by atoms with E-state index in [1.54, 1.807) is 24.9 Å². The first-order valence-electron chi connectivity index (χ1n) is 44.1. The molecular weight excluding hydrogens is 1530 g/mol. The summed E-state index contributed by atoms with van der Waals surface area (Å²) >= 11 is 0. The number of fused-ring (bicyclic) bond motifs is 8. The molecule has 0 amide bonds. The second kappa shape index (κ2) is 42.9. The van der Waals surface area contributed by atoms with Crippen molar-refractivity contribution in [1.82, 2.24) is 59.8 Å². The van der Waals surface area contributed by atoms with E-state index in [9.17, 15) is 0 Å². The lowest BCUT2D eigenvalue weighted by atomic mass is 9.85. The molecule has 0 spiro atoms. The Hall–Kier alpha value is -12.3. The number of aromatic amines is 4. The highest BCUT2D eigenvalue weighted by Crippen LogP contribution is 2.34. The van der Waals surface area contributed by atoms with Gasteiger partial charge in [-0.1, -0.05) is 308 Å². The van der Waals surface area contributed by atoms with Crippen molar-refractivity contribution >= 4 is 87.2 Å². The number of pyridine rings is 4. The summed E-state index contributed by atoms with van der Waals surface area (Å²) in [6.45, 7) is 59.6. The van der Waals surface area contributed by atoms with Crippen molar-refractivity contribution in [1.29, 1.82) is 0 Å². The van der Waals surface area contributed by atoms with Crippen LogP contribution in [0.25, 0.3) is 87.2 Å². The number of aromatic nitrogens is 12. The van der Waals surface area contributed by atoms with E-state index in [1.807, 2.05) is 86.2 Å². The maximum absolute atomic E-state index is 4.45. The predicted molar refractivity (Wildman–Crippen MR) is 537 cm³/mol. The van der Waals surface area contributed by atoms with E-state index < -0.39 is 0 Å². The van der Waals surface area contributed by atoms with Crippen LogP contribution < -0.4 is 0 Å². The van der Waals surface area contributed by atoms with Crippen LogP contribution >= 0.6 is 0 Å². The SMILES string of the molecule is CC(C)(C)c1ccc2[nH]ccc2c1.CC(C)(C)c1ccc2cc[nH]c2c1.CC(C)(C)c1ccc2cccnc2c1.CC(C)(C)c1ccc2ncccc2c1.CC(C)(C)c1cccc2[nH]ccc12.CC(C)(C)c1cccc2cccnc12.CC(C)(C)c1cnccn1.CC(C)c1cccc2cc[nH]c12.CC(C)c1cccc2ncccc12.CC(C)c1cncnc1. The van der Waals surface area contributed by atoms with E-state index >= 15 is 0 Å².